The second kappa shape index (κ2) is 5.43. The van der Waals surface area contributed by atoms with Crippen LogP contribution in [0.2, 0.25) is 0 Å². The summed E-state index contributed by atoms with van der Waals surface area (Å²) >= 11 is 0. The Hall–Kier alpha value is -0.300. The van der Waals surface area contributed by atoms with Crippen molar-refractivity contribution in [1.29, 1.82) is 0 Å². The fourth-order valence-electron chi connectivity index (χ4n) is 2.05. The lowest BCUT2D eigenvalue weighted by molar-refractivity contribution is 0.289. The molecule has 0 aliphatic carbocycles. The summed E-state index contributed by atoms with van der Waals surface area (Å²) in [5.74, 6) is 0. The van der Waals surface area contributed by atoms with E-state index in [1.165, 1.54) is 38.8 Å². The average molecular weight is 181 g/mol. The molecule has 0 saturated carbocycles. The maximum Gasteiger partial charge on any atom is 0.0281 e. The summed E-state index contributed by atoms with van der Waals surface area (Å²) in [6, 6.07) is 0.750. The van der Waals surface area contributed by atoms with Crippen molar-refractivity contribution in [3.8, 4) is 0 Å². The van der Waals surface area contributed by atoms with E-state index in [4.69, 9.17) is 0 Å². The van der Waals surface area contributed by atoms with Crippen LogP contribution in [0.15, 0.2) is 11.6 Å². The zero-order chi connectivity index (χ0) is 9.68. The first-order valence-electron chi connectivity index (χ1n) is 5.69. The van der Waals surface area contributed by atoms with E-state index in [1.807, 2.05) is 0 Å². The van der Waals surface area contributed by atoms with Gasteiger partial charge in [-0.05, 0) is 45.7 Å². The lowest BCUT2D eigenvalue weighted by atomic mass is 10.1. The van der Waals surface area contributed by atoms with Gasteiger partial charge in [-0.2, -0.15) is 0 Å². The minimum Gasteiger partial charge on any atom is -0.297 e. The highest BCUT2D eigenvalue weighted by atomic mass is 15.2. The third-order valence-electron chi connectivity index (χ3n) is 2.96. The molecule has 13 heavy (non-hydrogen) atoms. The van der Waals surface area contributed by atoms with E-state index in [1.54, 1.807) is 5.57 Å². The van der Waals surface area contributed by atoms with Gasteiger partial charge in [-0.25, -0.2) is 0 Å². The van der Waals surface area contributed by atoms with Gasteiger partial charge in [0.1, 0.15) is 0 Å². The quantitative estimate of drug-likeness (QED) is 0.602. The number of hydrogen-bond donors (Lipinski definition) is 0. The Labute approximate surface area is 82.8 Å². The van der Waals surface area contributed by atoms with E-state index in [2.05, 4.69) is 31.7 Å². The van der Waals surface area contributed by atoms with Gasteiger partial charge in [-0.1, -0.05) is 25.5 Å². The van der Waals surface area contributed by atoms with Gasteiger partial charge >= 0.3 is 0 Å². The van der Waals surface area contributed by atoms with Gasteiger partial charge in [0.2, 0.25) is 0 Å². The Morgan fingerprint density at radius 1 is 1.46 bits per heavy atom. The molecular weight excluding hydrogens is 158 g/mol. The van der Waals surface area contributed by atoms with Gasteiger partial charge in [-0.3, -0.25) is 4.90 Å². The molecule has 0 aromatic rings. The smallest absolute Gasteiger partial charge is 0.0281 e. The van der Waals surface area contributed by atoms with Crippen molar-refractivity contribution in [1.82, 2.24) is 4.90 Å². The average Bonchev–Trinajstić information content (AvgIpc) is 2.54. The first-order chi connectivity index (χ1) is 6.27. The highest BCUT2D eigenvalue weighted by Crippen LogP contribution is 2.20. The first-order valence-corrected chi connectivity index (χ1v) is 5.69. The normalized spacial score (nSPS) is 25.5. The van der Waals surface area contributed by atoms with Gasteiger partial charge < -0.3 is 0 Å². The van der Waals surface area contributed by atoms with Crippen LogP contribution in [0.1, 0.15) is 46.5 Å². The highest BCUT2D eigenvalue weighted by Gasteiger charge is 2.21. The van der Waals surface area contributed by atoms with Crippen LogP contribution in [0.25, 0.3) is 0 Å². The SMILES string of the molecule is CCCN1CCCC1/C=C(/C)CC. The molecule has 1 fully saturated rings. The molecule has 1 heterocycles. The van der Waals surface area contributed by atoms with Crippen LogP contribution in [0.4, 0.5) is 0 Å². The van der Waals surface area contributed by atoms with Crippen LogP contribution in [-0.2, 0) is 0 Å². The third-order valence-corrected chi connectivity index (χ3v) is 2.96. The van der Waals surface area contributed by atoms with Crippen molar-refractivity contribution in [3.05, 3.63) is 11.6 Å². The molecular formula is C12H23N. The zero-order valence-electron chi connectivity index (χ0n) is 9.34. The largest absolute Gasteiger partial charge is 0.297 e. The van der Waals surface area contributed by atoms with Crippen LogP contribution in [-0.4, -0.2) is 24.0 Å². The summed E-state index contributed by atoms with van der Waals surface area (Å²) in [6.07, 6.45) is 7.73. The Bertz CT molecular complexity index is 172. The van der Waals surface area contributed by atoms with Gasteiger partial charge in [0.05, 0.1) is 0 Å². The molecule has 76 valence electrons. The lowest BCUT2D eigenvalue weighted by Crippen LogP contribution is -2.28. The number of hydrogen-bond acceptors (Lipinski definition) is 1. The molecule has 1 atom stereocenters. The maximum absolute atomic E-state index is 2.62. The fourth-order valence-corrected chi connectivity index (χ4v) is 2.05. The van der Waals surface area contributed by atoms with E-state index in [0.29, 0.717) is 0 Å². The van der Waals surface area contributed by atoms with Crippen LogP contribution in [0.3, 0.4) is 0 Å². The number of rotatable bonds is 4. The minimum atomic E-state index is 0.750. The Morgan fingerprint density at radius 2 is 2.23 bits per heavy atom. The Kier molecular flexibility index (Phi) is 4.51. The first kappa shape index (κ1) is 10.8. The van der Waals surface area contributed by atoms with Gasteiger partial charge in [0.15, 0.2) is 0 Å². The van der Waals surface area contributed by atoms with E-state index in [9.17, 15) is 0 Å². The predicted octanol–water partition coefficient (Wildman–Crippen LogP) is 3.22. The molecule has 0 bridgehead atoms. The predicted molar refractivity (Wildman–Crippen MR) is 58.9 cm³/mol. The summed E-state index contributed by atoms with van der Waals surface area (Å²) in [7, 11) is 0. The molecule has 0 aromatic heterocycles. The molecule has 0 amide bonds. The minimum absolute atomic E-state index is 0.750. The molecule has 1 aliphatic rings. The van der Waals surface area contributed by atoms with Crippen molar-refractivity contribution in [2.45, 2.75) is 52.5 Å². The summed E-state index contributed by atoms with van der Waals surface area (Å²) in [5, 5.41) is 0. The molecule has 1 nitrogen and oxygen atoms in total. The van der Waals surface area contributed by atoms with Crippen LogP contribution >= 0.6 is 0 Å². The lowest BCUT2D eigenvalue weighted by Gasteiger charge is -2.21. The zero-order valence-corrected chi connectivity index (χ0v) is 9.34. The summed E-state index contributed by atoms with van der Waals surface area (Å²) < 4.78 is 0. The topological polar surface area (TPSA) is 3.24 Å². The Morgan fingerprint density at radius 3 is 2.85 bits per heavy atom. The summed E-state index contributed by atoms with van der Waals surface area (Å²) in [6.45, 7) is 9.35. The number of nitrogens with zero attached hydrogens (tertiary/aromatic N) is 1. The molecule has 1 unspecified atom stereocenters. The molecule has 0 radical (unpaired) electrons. The van der Waals surface area contributed by atoms with Crippen LogP contribution in [0.5, 0.6) is 0 Å². The van der Waals surface area contributed by atoms with Crippen molar-refractivity contribution in [2.75, 3.05) is 13.1 Å². The second-order valence-electron chi connectivity index (χ2n) is 4.11. The van der Waals surface area contributed by atoms with E-state index in [-0.39, 0.29) is 0 Å². The fraction of sp³-hybridized carbons (Fsp3) is 0.833. The third kappa shape index (κ3) is 3.15. The monoisotopic (exact) mass is 181 g/mol. The molecule has 1 heteroatoms. The van der Waals surface area contributed by atoms with Gasteiger partial charge in [0, 0.05) is 6.04 Å². The number of likely N-dealkylation sites (tertiary alicyclic amines) is 1. The van der Waals surface area contributed by atoms with Gasteiger partial charge in [0.25, 0.3) is 0 Å². The highest BCUT2D eigenvalue weighted by molar-refractivity contribution is 5.05. The summed E-state index contributed by atoms with van der Waals surface area (Å²) in [5.41, 5.74) is 1.55. The molecule has 1 saturated heterocycles. The van der Waals surface area contributed by atoms with Crippen molar-refractivity contribution in [3.63, 3.8) is 0 Å². The van der Waals surface area contributed by atoms with E-state index >= 15 is 0 Å². The van der Waals surface area contributed by atoms with Gasteiger partial charge in [-0.15, -0.1) is 0 Å². The Balaban J connectivity index is 2.48. The molecule has 0 spiro atoms. The van der Waals surface area contributed by atoms with Crippen molar-refractivity contribution < 1.29 is 0 Å². The summed E-state index contributed by atoms with van der Waals surface area (Å²) in [4.78, 5) is 2.62. The van der Waals surface area contributed by atoms with Crippen molar-refractivity contribution in [2.24, 2.45) is 0 Å². The van der Waals surface area contributed by atoms with Crippen LogP contribution in [0, 0.1) is 0 Å². The molecule has 1 rings (SSSR count). The van der Waals surface area contributed by atoms with Crippen molar-refractivity contribution >= 4 is 0 Å². The second-order valence-corrected chi connectivity index (χ2v) is 4.11. The molecule has 1 aliphatic heterocycles. The van der Waals surface area contributed by atoms with Crippen LogP contribution < -0.4 is 0 Å². The molecule has 0 aromatic carbocycles. The standard InChI is InChI=1S/C12H23N/c1-4-8-13-9-6-7-12(13)10-11(3)5-2/h10,12H,4-9H2,1-3H3/b11-10-. The van der Waals surface area contributed by atoms with E-state index in [0.717, 1.165) is 6.04 Å². The molecule has 0 N–H and O–H groups in total. The maximum atomic E-state index is 2.62. The van der Waals surface area contributed by atoms with E-state index < -0.39 is 0 Å². The number of allylic oxidation sites excluding steroid dienone is 1.